The van der Waals surface area contributed by atoms with Crippen LogP contribution in [0.3, 0.4) is 0 Å². The molecule has 0 fully saturated rings. The summed E-state index contributed by atoms with van der Waals surface area (Å²) in [6, 6.07) is 18.1. The van der Waals surface area contributed by atoms with Gasteiger partial charge in [0.1, 0.15) is 5.58 Å². The van der Waals surface area contributed by atoms with Crippen LogP contribution in [0, 0.1) is 0 Å². The van der Waals surface area contributed by atoms with Crippen molar-refractivity contribution in [3.63, 3.8) is 0 Å². The third-order valence-corrected chi connectivity index (χ3v) is 5.80. The highest BCUT2D eigenvalue weighted by atomic mass is 32.2. The van der Waals surface area contributed by atoms with Crippen LogP contribution in [0.15, 0.2) is 79.6 Å². The molecule has 0 saturated carbocycles. The van der Waals surface area contributed by atoms with Crippen molar-refractivity contribution in [3.8, 4) is 11.3 Å². The van der Waals surface area contributed by atoms with Crippen molar-refractivity contribution >= 4 is 45.7 Å². The number of anilines is 1. The van der Waals surface area contributed by atoms with Crippen LogP contribution in [-0.4, -0.2) is 16.6 Å². The maximum atomic E-state index is 12.2. The number of rotatable bonds is 5. The number of thioether (sulfide) groups is 1. The normalized spacial score (nSPS) is 10.8. The number of hydrogen-bond acceptors (Lipinski definition) is 6. The molecular formula is C20H14N2O3S2. The number of nitrogens with one attached hydrogen (secondary N) is 1. The van der Waals surface area contributed by atoms with Crippen LogP contribution in [0.1, 0.15) is 0 Å². The summed E-state index contributed by atoms with van der Waals surface area (Å²) in [6.45, 7) is 0. The molecule has 0 bridgehead atoms. The average molecular weight is 394 g/mol. The van der Waals surface area contributed by atoms with E-state index in [4.69, 9.17) is 4.42 Å². The summed E-state index contributed by atoms with van der Waals surface area (Å²) in [7, 11) is 0. The van der Waals surface area contributed by atoms with Gasteiger partial charge >= 0.3 is 5.63 Å². The Morgan fingerprint density at radius 2 is 1.96 bits per heavy atom. The van der Waals surface area contributed by atoms with Gasteiger partial charge in [0.25, 0.3) is 0 Å². The lowest BCUT2D eigenvalue weighted by molar-refractivity contribution is -0.113. The van der Waals surface area contributed by atoms with Gasteiger partial charge in [0.05, 0.1) is 11.4 Å². The molecule has 0 aliphatic rings. The summed E-state index contributed by atoms with van der Waals surface area (Å²) in [4.78, 5) is 28.0. The minimum Gasteiger partial charge on any atom is -0.423 e. The molecule has 0 radical (unpaired) electrons. The van der Waals surface area contributed by atoms with Crippen LogP contribution in [0.4, 0.5) is 5.69 Å². The van der Waals surface area contributed by atoms with Gasteiger partial charge in [-0.25, -0.2) is 9.78 Å². The van der Waals surface area contributed by atoms with Gasteiger partial charge in [0, 0.05) is 28.1 Å². The summed E-state index contributed by atoms with van der Waals surface area (Å²) in [6.07, 6.45) is 0. The highest BCUT2D eigenvalue weighted by molar-refractivity contribution is 8.01. The lowest BCUT2D eigenvalue weighted by Crippen LogP contribution is -2.13. The van der Waals surface area contributed by atoms with Crippen LogP contribution < -0.4 is 10.9 Å². The quantitative estimate of drug-likeness (QED) is 0.394. The van der Waals surface area contributed by atoms with Crippen molar-refractivity contribution in [1.82, 2.24) is 4.98 Å². The van der Waals surface area contributed by atoms with Crippen molar-refractivity contribution in [2.24, 2.45) is 0 Å². The second kappa shape index (κ2) is 7.77. The number of nitrogens with zero attached hydrogens (tertiary/aromatic N) is 1. The van der Waals surface area contributed by atoms with E-state index >= 15 is 0 Å². The second-order valence-electron chi connectivity index (χ2n) is 5.71. The molecule has 2 aromatic heterocycles. The molecule has 1 N–H and O–H groups in total. The zero-order valence-electron chi connectivity index (χ0n) is 14.0. The van der Waals surface area contributed by atoms with Gasteiger partial charge in [-0.2, -0.15) is 0 Å². The highest BCUT2D eigenvalue weighted by Gasteiger charge is 2.09. The fourth-order valence-electron chi connectivity index (χ4n) is 2.54. The minimum atomic E-state index is -0.394. The van der Waals surface area contributed by atoms with Crippen LogP contribution in [0.25, 0.3) is 22.2 Å². The van der Waals surface area contributed by atoms with Gasteiger partial charge in [-0.15, -0.1) is 11.3 Å². The lowest BCUT2D eigenvalue weighted by atomic mass is 10.2. The van der Waals surface area contributed by atoms with E-state index in [0.717, 1.165) is 21.0 Å². The molecule has 1 amide bonds. The predicted molar refractivity (Wildman–Crippen MR) is 109 cm³/mol. The molecule has 27 heavy (non-hydrogen) atoms. The van der Waals surface area contributed by atoms with Crippen LogP contribution in [0.2, 0.25) is 0 Å². The summed E-state index contributed by atoms with van der Waals surface area (Å²) in [5.74, 6) is 0.150. The van der Waals surface area contributed by atoms with E-state index < -0.39 is 5.63 Å². The maximum absolute atomic E-state index is 12.2. The topological polar surface area (TPSA) is 72.2 Å². The molecule has 0 aliphatic heterocycles. The van der Waals surface area contributed by atoms with Crippen molar-refractivity contribution in [2.75, 3.05) is 11.1 Å². The number of aromatic nitrogens is 1. The molecule has 0 spiro atoms. The van der Waals surface area contributed by atoms with E-state index in [0.29, 0.717) is 11.3 Å². The molecule has 0 atom stereocenters. The van der Waals surface area contributed by atoms with Crippen molar-refractivity contribution in [1.29, 1.82) is 0 Å². The van der Waals surface area contributed by atoms with E-state index in [2.05, 4.69) is 10.3 Å². The first-order valence-electron chi connectivity index (χ1n) is 8.15. The van der Waals surface area contributed by atoms with Gasteiger partial charge < -0.3 is 9.73 Å². The molecule has 134 valence electrons. The summed E-state index contributed by atoms with van der Waals surface area (Å²) < 4.78 is 5.94. The predicted octanol–water partition coefficient (Wildman–Crippen LogP) is 4.65. The SMILES string of the molecule is O=C(CSc1nc(-c2ccccc2)cs1)Nc1ccc2oc(=O)ccc2c1. The average Bonchev–Trinajstić information content (AvgIpc) is 3.16. The van der Waals surface area contributed by atoms with E-state index in [-0.39, 0.29) is 11.7 Å². The van der Waals surface area contributed by atoms with Crippen LogP contribution in [-0.2, 0) is 4.79 Å². The Morgan fingerprint density at radius 3 is 2.81 bits per heavy atom. The fourth-order valence-corrected chi connectivity index (χ4v) is 4.17. The Labute approximate surface area is 163 Å². The van der Waals surface area contributed by atoms with Crippen LogP contribution >= 0.6 is 23.1 Å². The Hall–Kier alpha value is -2.90. The Morgan fingerprint density at radius 1 is 1.11 bits per heavy atom. The summed E-state index contributed by atoms with van der Waals surface area (Å²) >= 11 is 2.93. The Bertz CT molecular complexity index is 1150. The largest absolute Gasteiger partial charge is 0.423 e. The van der Waals surface area contributed by atoms with Gasteiger partial charge in [-0.1, -0.05) is 42.1 Å². The first-order valence-corrected chi connectivity index (χ1v) is 10.0. The van der Waals surface area contributed by atoms with Crippen molar-refractivity contribution in [3.05, 3.63) is 76.5 Å². The first kappa shape index (κ1) is 17.5. The third kappa shape index (κ3) is 4.27. The molecule has 7 heteroatoms. The Kier molecular flexibility index (Phi) is 5.04. The van der Waals surface area contributed by atoms with Gasteiger partial charge in [0.2, 0.25) is 5.91 Å². The van der Waals surface area contributed by atoms with Crippen LogP contribution in [0.5, 0.6) is 0 Å². The minimum absolute atomic E-state index is 0.117. The zero-order chi connectivity index (χ0) is 18.6. The van der Waals surface area contributed by atoms with Gasteiger partial charge in [-0.3, -0.25) is 4.79 Å². The lowest BCUT2D eigenvalue weighted by Gasteiger charge is -2.05. The van der Waals surface area contributed by atoms with E-state index in [9.17, 15) is 9.59 Å². The number of fused-ring (bicyclic) bond motifs is 1. The van der Waals surface area contributed by atoms with Gasteiger partial charge in [0.15, 0.2) is 4.34 Å². The number of amides is 1. The van der Waals surface area contributed by atoms with Gasteiger partial charge in [-0.05, 0) is 24.3 Å². The fraction of sp³-hybridized carbons (Fsp3) is 0.0500. The molecule has 2 heterocycles. The number of carbonyl (C=O) groups is 1. The summed E-state index contributed by atoms with van der Waals surface area (Å²) in [5.41, 5.74) is 2.73. The van der Waals surface area contributed by atoms with Crippen molar-refractivity contribution < 1.29 is 9.21 Å². The third-order valence-electron chi connectivity index (χ3n) is 3.78. The smallest absolute Gasteiger partial charge is 0.336 e. The molecule has 5 nitrogen and oxygen atoms in total. The number of benzene rings is 2. The molecule has 0 aliphatic carbocycles. The number of thiazole rings is 1. The maximum Gasteiger partial charge on any atom is 0.336 e. The molecule has 2 aromatic carbocycles. The highest BCUT2D eigenvalue weighted by Crippen LogP contribution is 2.28. The molecule has 0 saturated heterocycles. The summed E-state index contributed by atoms with van der Waals surface area (Å²) in [5, 5.41) is 5.60. The number of hydrogen-bond donors (Lipinski definition) is 1. The Balaban J connectivity index is 1.38. The first-order chi connectivity index (χ1) is 13.2. The second-order valence-corrected chi connectivity index (χ2v) is 7.79. The molecular weight excluding hydrogens is 380 g/mol. The molecule has 4 aromatic rings. The molecule has 0 unspecified atom stereocenters. The van der Waals surface area contributed by atoms with E-state index in [1.807, 2.05) is 35.7 Å². The van der Waals surface area contributed by atoms with E-state index in [1.54, 1.807) is 24.3 Å². The molecule has 4 rings (SSSR count). The standard InChI is InChI=1S/C20H14N2O3S2/c23-18(21-15-7-8-17-14(10-15)6-9-19(24)25-17)12-27-20-22-16(11-26-20)13-4-2-1-3-5-13/h1-11H,12H2,(H,21,23). The van der Waals surface area contributed by atoms with E-state index in [1.165, 1.54) is 29.2 Å². The van der Waals surface area contributed by atoms with Crippen molar-refractivity contribution in [2.45, 2.75) is 4.34 Å². The number of carbonyl (C=O) groups excluding carboxylic acids is 1. The monoisotopic (exact) mass is 394 g/mol. The zero-order valence-corrected chi connectivity index (χ0v) is 15.7.